The van der Waals surface area contributed by atoms with Crippen molar-refractivity contribution in [1.29, 1.82) is 0 Å². The molecule has 5 nitrogen and oxygen atoms in total. The monoisotopic (exact) mass is 265 g/mol. The van der Waals surface area contributed by atoms with E-state index in [1.165, 1.54) is 0 Å². The standard InChI is InChI=1S/C14H23N3O2/c1-5-19-12-8-6-7-11(15)13(12)14(18)17(4)10-9-16(2)3/h6-8H,5,9-10,15H2,1-4H3. The maximum absolute atomic E-state index is 12.4. The second-order valence-electron chi connectivity index (χ2n) is 4.68. The molecule has 1 aromatic rings. The lowest BCUT2D eigenvalue weighted by atomic mass is 10.1. The van der Waals surface area contributed by atoms with Crippen molar-refractivity contribution in [2.45, 2.75) is 6.92 Å². The maximum Gasteiger partial charge on any atom is 0.259 e. The number of carbonyl (C=O) groups is 1. The molecule has 0 heterocycles. The number of likely N-dealkylation sites (N-methyl/N-ethyl adjacent to an activating group) is 2. The summed E-state index contributed by atoms with van der Waals surface area (Å²) < 4.78 is 5.48. The number of anilines is 1. The molecule has 0 aliphatic heterocycles. The smallest absolute Gasteiger partial charge is 0.259 e. The Morgan fingerprint density at radius 3 is 2.53 bits per heavy atom. The molecule has 106 valence electrons. The Bertz CT molecular complexity index is 433. The van der Waals surface area contributed by atoms with E-state index in [0.717, 1.165) is 6.54 Å². The van der Waals surface area contributed by atoms with E-state index >= 15 is 0 Å². The fourth-order valence-electron chi connectivity index (χ4n) is 1.70. The van der Waals surface area contributed by atoms with E-state index in [9.17, 15) is 4.79 Å². The molecular weight excluding hydrogens is 242 g/mol. The van der Waals surface area contributed by atoms with Crippen molar-refractivity contribution in [3.63, 3.8) is 0 Å². The number of amides is 1. The van der Waals surface area contributed by atoms with Crippen molar-refractivity contribution in [1.82, 2.24) is 9.80 Å². The Morgan fingerprint density at radius 1 is 1.26 bits per heavy atom. The lowest BCUT2D eigenvalue weighted by Gasteiger charge is -2.21. The van der Waals surface area contributed by atoms with Crippen LogP contribution in [0.2, 0.25) is 0 Å². The molecule has 0 saturated carbocycles. The van der Waals surface area contributed by atoms with Crippen molar-refractivity contribution in [3.05, 3.63) is 23.8 Å². The summed E-state index contributed by atoms with van der Waals surface area (Å²) in [5.74, 6) is 0.438. The van der Waals surface area contributed by atoms with Gasteiger partial charge in [0.1, 0.15) is 11.3 Å². The van der Waals surface area contributed by atoms with E-state index in [0.29, 0.717) is 30.2 Å². The van der Waals surface area contributed by atoms with Gasteiger partial charge in [0.25, 0.3) is 5.91 Å². The van der Waals surface area contributed by atoms with E-state index in [1.54, 1.807) is 30.1 Å². The van der Waals surface area contributed by atoms with Crippen molar-refractivity contribution < 1.29 is 9.53 Å². The number of ether oxygens (including phenoxy) is 1. The third-order valence-electron chi connectivity index (χ3n) is 2.80. The number of rotatable bonds is 6. The lowest BCUT2D eigenvalue weighted by molar-refractivity contribution is 0.0783. The Morgan fingerprint density at radius 2 is 1.95 bits per heavy atom. The first-order valence-electron chi connectivity index (χ1n) is 6.38. The molecule has 2 N–H and O–H groups in total. The van der Waals surface area contributed by atoms with Gasteiger partial charge in [-0.2, -0.15) is 0 Å². The van der Waals surface area contributed by atoms with Crippen LogP contribution in [-0.4, -0.2) is 56.5 Å². The molecule has 0 aromatic heterocycles. The largest absolute Gasteiger partial charge is 0.493 e. The quantitative estimate of drug-likeness (QED) is 0.788. The van der Waals surface area contributed by atoms with E-state index in [-0.39, 0.29) is 5.91 Å². The van der Waals surface area contributed by atoms with Gasteiger partial charge in [-0.05, 0) is 33.2 Å². The molecule has 0 spiro atoms. The molecule has 0 aliphatic rings. The van der Waals surface area contributed by atoms with Gasteiger partial charge in [-0.3, -0.25) is 4.79 Å². The Balaban J connectivity index is 2.91. The van der Waals surface area contributed by atoms with E-state index in [2.05, 4.69) is 0 Å². The molecule has 1 aromatic carbocycles. The predicted octanol–water partition coefficient (Wildman–Crippen LogP) is 1.30. The number of carbonyl (C=O) groups excluding carboxylic acids is 1. The molecule has 1 rings (SSSR count). The normalized spacial score (nSPS) is 10.6. The predicted molar refractivity (Wildman–Crippen MR) is 77.5 cm³/mol. The third-order valence-corrected chi connectivity index (χ3v) is 2.80. The topological polar surface area (TPSA) is 58.8 Å². The molecule has 1 amide bonds. The highest BCUT2D eigenvalue weighted by molar-refractivity contribution is 6.01. The zero-order chi connectivity index (χ0) is 14.4. The first kappa shape index (κ1) is 15.3. The van der Waals surface area contributed by atoms with E-state index in [1.807, 2.05) is 25.9 Å². The highest BCUT2D eigenvalue weighted by atomic mass is 16.5. The van der Waals surface area contributed by atoms with Crippen LogP contribution in [0.3, 0.4) is 0 Å². The summed E-state index contributed by atoms with van der Waals surface area (Å²) in [6, 6.07) is 5.28. The summed E-state index contributed by atoms with van der Waals surface area (Å²) in [5, 5.41) is 0. The second-order valence-corrected chi connectivity index (χ2v) is 4.68. The van der Waals surface area contributed by atoms with E-state index in [4.69, 9.17) is 10.5 Å². The van der Waals surface area contributed by atoms with Crippen LogP contribution >= 0.6 is 0 Å². The van der Waals surface area contributed by atoms with Crippen LogP contribution in [0, 0.1) is 0 Å². The molecule has 0 unspecified atom stereocenters. The van der Waals surface area contributed by atoms with Crippen LogP contribution in [0.5, 0.6) is 5.75 Å². The summed E-state index contributed by atoms with van der Waals surface area (Å²) in [6.07, 6.45) is 0. The number of hydrogen-bond donors (Lipinski definition) is 1. The summed E-state index contributed by atoms with van der Waals surface area (Å²) in [6.45, 7) is 3.84. The molecule has 0 fully saturated rings. The minimum Gasteiger partial charge on any atom is -0.493 e. The summed E-state index contributed by atoms with van der Waals surface area (Å²) in [7, 11) is 5.72. The molecule has 5 heteroatoms. The number of benzene rings is 1. The Hall–Kier alpha value is -1.75. The molecule has 0 radical (unpaired) electrons. The van der Waals surface area contributed by atoms with Gasteiger partial charge in [0, 0.05) is 25.8 Å². The Kier molecular flexibility index (Phi) is 5.63. The van der Waals surface area contributed by atoms with Gasteiger partial charge in [-0.1, -0.05) is 6.07 Å². The fraction of sp³-hybridized carbons (Fsp3) is 0.500. The van der Waals surface area contributed by atoms with Crippen molar-refractivity contribution in [3.8, 4) is 5.75 Å². The van der Waals surface area contributed by atoms with Crippen LogP contribution in [0.4, 0.5) is 5.69 Å². The highest BCUT2D eigenvalue weighted by Crippen LogP contribution is 2.25. The summed E-state index contributed by atoms with van der Waals surface area (Å²) in [5.41, 5.74) is 6.81. The molecule has 0 saturated heterocycles. The first-order chi connectivity index (χ1) is 8.97. The van der Waals surface area contributed by atoms with Crippen LogP contribution in [-0.2, 0) is 0 Å². The van der Waals surface area contributed by atoms with Gasteiger partial charge >= 0.3 is 0 Å². The lowest BCUT2D eigenvalue weighted by Crippen LogP contribution is -2.34. The van der Waals surface area contributed by atoms with Crippen molar-refractivity contribution in [2.24, 2.45) is 0 Å². The summed E-state index contributed by atoms with van der Waals surface area (Å²) >= 11 is 0. The fourth-order valence-corrected chi connectivity index (χ4v) is 1.70. The number of hydrogen-bond acceptors (Lipinski definition) is 4. The third kappa shape index (κ3) is 4.13. The first-order valence-corrected chi connectivity index (χ1v) is 6.38. The van der Waals surface area contributed by atoms with Crippen molar-refractivity contribution >= 4 is 11.6 Å². The highest BCUT2D eigenvalue weighted by Gasteiger charge is 2.19. The van der Waals surface area contributed by atoms with Crippen LogP contribution in [0.25, 0.3) is 0 Å². The Labute approximate surface area is 114 Å². The second kappa shape index (κ2) is 6.99. The zero-order valence-corrected chi connectivity index (χ0v) is 12.1. The zero-order valence-electron chi connectivity index (χ0n) is 12.1. The van der Waals surface area contributed by atoms with E-state index < -0.39 is 0 Å². The number of nitrogen functional groups attached to an aromatic ring is 1. The summed E-state index contributed by atoms with van der Waals surface area (Å²) in [4.78, 5) is 16.1. The van der Waals surface area contributed by atoms with Gasteiger partial charge in [0.15, 0.2) is 0 Å². The molecule has 0 bridgehead atoms. The van der Waals surface area contributed by atoms with Crippen LogP contribution < -0.4 is 10.5 Å². The van der Waals surface area contributed by atoms with Crippen molar-refractivity contribution in [2.75, 3.05) is 46.6 Å². The average Bonchev–Trinajstić information content (AvgIpc) is 2.36. The molecule has 19 heavy (non-hydrogen) atoms. The maximum atomic E-state index is 12.4. The minimum atomic E-state index is -0.108. The molecular formula is C14H23N3O2. The average molecular weight is 265 g/mol. The van der Waals surface area contributed by atoms with Gasteiger partial charge in [0.05, 0.1) is 6.61 Å². The van der Waals surface area contributed by atoms with Gasteiger partial charge in [-0.25, -0.2) is 0 Å². The van der Waals surface area contributed by atoms with Crippen LogP contribution in [0.1, 0.15) is 17.3 Å². The minimum absolute atomic E-state index is 0.108. The SMILES string of the molecule is CCOc1cccc(N)c1C(=O)N(C)CCN(C)C. The number of nitrogens with two attached hydrogens (primary N) is 1. The van der Waals surface area contributed by atoms with Gasteiger partial charge < -0.3 is 20.3 Å². The number of nitrogens with zero attached hydrogens (tertiary/aromatic N) is 2. The van der Waals surface area contributed by atoms with Gasteiger partial charge in [0.2, 0.25) is 0 Å². The molecule has 0 atom stereocenters. The molecule has 0 aliphatic carbocycles. The van der Waals surface area contributed by atoms with Gasteiger partial charge in [-0.15, -0.1) is 0 Å². The van der Waals surface area contributed by atoms with Crippen LogP contribution in [0.15, 0.2) is 18.2 Å².